The second-order valence-corrected chi connectivity index (χ2v) is 5.58. The second kappa shape index (κ2) is 4.34. The van der Waals surface area contributed by atoms with E-state index in [-0.39, 0.29) is 24.5 Å². The molecule has 0 bridgehead atoms. The lowest BCUT2D eigenvalue weighted by Crippen LogP contribution is -2.62. The van der Waals surface area contributed by atoms with Crippen LogP contribution in [0.2, 0.25) is 0 Å². The Morgan fingerprint density at radius 2 is 2.16 bits per heavy atom. The fourth-order valence-corrected chi connectivity index (χ4v) is 3.07. The predicted molar refractivity (Wildman–Crippen MR) is 66.9 cm³/mol. The first kappa shape index (κ1) is 12.2. The Kier molecular flexibility index (Phi) is 2.78. The highest BCUT2D eigenvalue weighted by molar-refractivity contribution is 7.12. The number of hydrogen-bond donors (Lipinski definition) is 0. The molecule has 1 aromatic heterocycles. The van der Waals surface area contributed by atoms with Gasteiger partial charge >= 0.3 is 6.09 Å². The number of hydrogen-bond acceptors (Lipinski definition) is 5. The molecule has 19 heavy (non-hydrogen) atoms. The SMILES string of the molecule is Cc1csc(C(=O)N2CC(N3C(=O)COC3=O)C2)c1. The van der Waals surface area contributed by atoms with E-state index in [1.54, 1.807) is 4.90 Å². The molecule has 100 valence electrons. The van der Waals surface area contributed by atoms with Crippen LogP contribution in [-0.2, 0) is 9.53 Å². The zero-order valence-corrected chi connectivity index (χ0v) is 11.1. The van der Waals surface area contributed by atoms with E-state index in [0.717, 1.165) is 10.5 Å². The van der Waals surface area contributed by atoms with Gasteiger partial charge in [-0.1, -0.05) is 0 Å². The van der Waals surface area contributed by atoms with Gasteiger partial charge in [0.2, 0.25) is 0 Å². The quantitative estimate of drug-likeness (QED) is 0.806. The van der Waals surface area contributed by atoms with E-state index in [0.29, 0.717) is 18.0 Å². The normalized spacial score (nSPS) is 19.6. The van der Waals surface area contributed by atoms with Crippen molar-refractivity contribution in [1.82, 2.24) is 9.80 Å². The number of cyclic esters (lactones) is 1. The molecule has 2 aliphatic heterocycles. The Labute approximate surface area is 113 Å². The van der Waals surface area contributed by atoms with Crippen molar-refractivity contribution in [2.24, 2.45) is 0 Å². The smallest absolute Gasteiger partial charge is 0.417 e. The highest BCUT2D eigenvalue weighted by Crippen LogP contribution is 2.23. The minimum Gasteiger partial charge on any atom is -0.439 e. The largest absolute Gasteiger partial charge is 0.439 e. The number of ether oxygens (including phenoxy) is 1. The van der Waals surface area contributed by atoms with Crippen LogP contribution in [0.15, 0.2) is 11.4 Å². The predicted octanol–water partition coefficient (Wildman–Crippen LogP) is 0.860. The molecule has 2 saturated heterocycles. The lowest BCUT2D eigenvalue weighted by Gasteiger charge is -2.41. The van der Waals surface area contributed by atoms with Crippen LogP contribution in [0.25, 0.3) is 0 Å². The molecule has 3 rings (SSSR count). The topological polar surface area (TPSA) is 66.9 Å². The molecular formula is C12H12N2O4S. The third-order valence-corrected chi connectivity index (χ3v) is 4.28. The summed E-state index contributed by atoms with van der Waals surface area (Å²) in [5, 5.41) is 1.92. The van der Waals surface area contributed by atoms with Crippen LogP contribution < -0.4 is 0 Å². The number of aryl methyl sites for hydroxylation is 1. The van der Waals surface area contributed by atoms with Gasteiger partial charge in [-0.25, -0.2) is 9.69 Å². The van der Waals surface area contributed by atoms with Crippen LogP contribution in [0.1, 0.15) is 15.2 Å². The fraction of sp³-hybridized carbons (Fsp3) is 0.417. The maximum absolute atomic E-state index is 12.1. The van der Waals surface area contributed by atoms with Crippen molar-refractivity contribution in [3.63, 3.8) is 0 Å². The van der Waals surface area contributed by atoms with Gasteiger partial charge in [0.25, 0.3) is 11.8 Å². The Balaban J connectivity index is 1.62. The minimum atomic E-state index is -0.603. The molecule has 0 radical (unpaired) electrons. The molecule has 0 N–H and O–H groups in total. The molecule has 6 nitrogen and oxygen atoms in total. The van der Waals surface area contributed by atoms with E-state index >= 15 is 0 Å². The van der Waals surface area contributed by atoms with Crippen molar-refractivity contribution in [1.29, 1.82) is 0 Å². The Hall–Kier alpha value is -1.89. The van der Waals surface area contributed by atoms with Crippen LogP contribution in [0.5, 0.6) is 0 Å². The van der Waals surface area contributed by atoms with Gasteiger partial charge in [-0.15, -0.1) is 11.3 Å². The van der Waals surface area contributed by atoms with E-state index in [4.69, 9.17) is 0 Å². The average molecular weight is 280 g/mol. The monoisotopic (exact) mass is 280 g/mol. The molecule has 2 aliphatic rings. The van der Waals surface area contributed by atoms with Gasteiger partial charge in [0.05, 0.1) is 10.9 Å². The summed E-state index contributed by atoms with van der Waals surface area (Å²) in [6.07, 6.45) is -0.603. The highest BCUT2D eigenvalue weighted by atomic mass is 32.1. The maximum atomic E-state index is 12.1. The van der Waals surface area contributed by atoms with Crippen LogP contribution in [0.3, 0.4) is 0 Å². The van der Waals surface area contributed by atoms with E-state index in [1.807, 2.05) is 18.4 Å². The molecule has 1 aromatic rings. The number of rotatable bonds is 2. The van der Waals surface area contributed by atoms with Gasteiger partial charge in [-0.05, 0) is 23.9 Å². The second-order valence-electron chi connectivity index (χ2n) is 4.67. The zero-order valence-electron chi connectivity index (χ0n) is 10.3. The molecule has 0 unspecified atom stereocenters. The first-order chi connectivity index (χ1) is 9.06. The summed E-state index contributed by atoms with van der Waals surface area (Å²) in [7, 11) is 0. The number of amides is 3. The molecule has 0 saturated carbocycles. The maximum Gasteiger partial charge on any atom is 0.417 e. The average Bonchev–Trinajstić information content (AvgIpc) is 2.87. The Bertz CT molecular complexity index is 546. The molecule has 0 aromatic carbocycles. The van der Waals surface area contributed by atoms with Crippen LogP contribution in [0.4, 0.5) is 4.79 Å². The fourth-order valence-electron chi connectivity index (χ4n) is 2.20. The van der Waals surface area contributed by atoms with Crippen molar-refractivity contribution < 1.29 is 19.1 Å². The van der Waals surface area contributed by atoms with Crippen molar-refractivity contribution in [3.05, 3.63) is 21.9 Å². The highest BCUT2D eigenvalue weighted by Gasteiger charge is 2.44. The summed E-state index contributed by atoms with van der Waals surface area (Å²) in [5.74, 6) is -0.372. The van der Waals surface area contributed by atoms with Crippen LogP contribution in [-0.4, -0.2) is 53.4 Å². The third kappa shape index (κ3) is 1.99. The summed E-state index contributed by atoms with van der Waals surface area (Å²) >= 11 is 1.41. The lowest BCUT2D eigenvalue weighted by molar-refractivity contribution is -0.129. The van der Waals surface area contributed by atoms with Crippen molar-refractivity contribution in [3.8, 4) is 0 Å². The summed E-state index contributed by atoms with van der Waals surface area (Å²) < 4.78 is 4.65. The summed E-state index contributed by atoms with van der Waals surface area (Å²) in [6, 6.07) is 1.60. The number of imide groups is 1. The van der Waals surface area contributed by atoms with E-state index in [9.17, 15) is 14.4 Å². The van der Waals surface area contributed by atoms with E-state index < -0.39 is 6.09 Å². The molecule has 3 heterocycles. The first-order valence-electron chi connectivity index (χ1n) is 5.89. The Morgan fingerprint density at radius 3 is 2.68 bits per heavy atom. The molecule has 2 fully saturated rings. The van der Waals surface area contributed by atoms with Gasteiger partial charge in [-0.3, -0.25) is 9.59 Å². The van der Waals surface area contributed by atoms with Gasteiger partial charge in [0, 0.05) is 13.1 Å². The number of nitrogens with zero attached hydrogens (tertiary/aromatic N) is 2. The number of thiophene rings is 1. The standard InChI is InChI=1S/C12H12N2O4S/c1-7-2-9(19-6-7)11(16)13-3-8(4-13)14-10(15)5-18-12(14)17/h2,6,8H,3-5H2,1H3. The summed E-state index contributed by atoms with van der Waals surface area (Å²) in [5.41, 5.74) is 1.06. The molecule has 0 atom stereocenters. The minimum absolute atomic E-state index is 0.0469. The third-order valence-electron chi connectivity index (χ3n) is 3.24. The molecule has 0 aliphatic carbocycles. The summed E-state index contributed by atoms with van der Waals surface area (Å²) in [6.45, 7) is 2.52. The molecule has 0 spiro atoms. The Morgan fingerprint density at radius 1 is 1.42 bits per heavy atom. The first-order valence-corrected chi connectivity index (χ1v) is 6.77. The number of carbonyl (C=O) groups excluding carboxylic acids is 3. The van der Waals surface area contributed by atoms with E-state index in [2.05, 4.69) is 4.74 Å². The van der Waals surface area contributed by atoms with Crippen molar-refractivity contribution in [2.45, 2.75) is 13.0 Å². The molecule has 3 amide bonds. The van der Waals surface area contributed by atoms with Gasteiger partial charge in [-0.2, -0.15) is 0 Å². The lowest BCUT2D eigenvalue weighted by atomic mass is 10.1. The van der Waals surface area contributed by atoms with Gasteiger partial charge in [0.1, 0.15) is 0 Å². The molecular weight excluding hydrogens is 268 g/mol. The van der Waals surface area contributed by atoms with Crippen molar-refractivity contribution in [2.75, 3.05) is 19.7 Å². The van der Waals surface area contributed by atoms with Gasteiger partial charge in [0.15, 0.2) is 6.61 Å². The van der Waals surface area contributed by atoms with Crippen molar-refractivity contribution >= 4 is 29.2 Å². The van der Waals surface area contributed by atoms with Crippen LogP contribution >= 0.6 is 11.3 Å². The zero-order chi connectivity index (χ0) is 13.6. The number of carbonyl (C=O) groups is 3. The summed E-state index contributed by atoms with van der Waals surface area (Å²) in [4.78, 5) is 38.3. The van der Waals surface area contributed by atoms with Gasteiger partial charge < -0.3 is 9.64 Å². The number of likely N-dealkylation sites (tertiary alicyclic amines) is 1. The van der Waals surface area contributed by atoms with Crippen LogP contribution in [0, 0.1) is 6.92 Å². The van der Waals surface area contributed by atoms with E-state index in [1.165, 1.54) is 11.3 Å². The molecule has 7 heteroatoms.